The Bertz CT molecular complexity index is 528. The fourth-order valence-corrected chi connectivity index (χ4v) is 3.08. The van der Waals surface area contributed by atoms with E-state index in [1.807, 2.05) is 13.2 Å². The Kier molecular flexibility index (Phi) is 8.78. The van der Waals surface area contributed by atoms with Crippen LogP contribution in [-0.4, -0.2) is 41.7 Å². The molecule has 0 spiro atoms. The Morgan fingerprint density at radius 3 is 2.54 bits per heavy atom. The van der Waals surface area contributed by atoms with Gasteiger partial charge in [-0.15, -0.1) is 12.4 Å². The molecule has 0 aliphatic heterocycles. The first-order chi connectivity index (χ1) is 11.1. The highest BCUT2D eigenvalue weighted by molar-refractivity contribution is 5.85. The number of hydrogen-bond acceptors (Lipinski definition) is 4. The van der Waals surface area contributed by atoms with Crippen LogP contribution >= 0.6 is 12.4 Å². The molecule has 0 radical (unpaired) electrons. The molecule has 0 aromatic carbocycles. The van der Waals surface area contributed by atoms with Crippen LogP contribution in [0.1, 0.15) is 43.7 Å². The molecule has 1 fully saturated rings. The quantitative estimate of drug-likeness (QED) is 0.603. The van der Waals surface area contributed by atoms with Gasteiger partial charge in [-0.2, -0.15) is 5.10 Å². The van der Waals surface area contributed by atoms with Crippen molar-refractivity contribution < 1.29 is 9.59 Å². The predicted octanol–water partition coefficient (Wildman–Crippen LogP) is 0.915. The monoisotopic (exact) mass is 357 g/mol. The summed E-state index contributed by atoms with van der Waals surface area (Å²) in [6.07, 6.45) is 8.91. The Hall–Kier alpha value is -1.60. The number of aryl methyl sites for hydroxylation is 1. The van der Waals surface area contributed by atoms with Crippen LogP contribution in [0.2, 0.25) is 0 Å². The third kappa shape index (κ3) is 6.13. The summed E-state index contributed by atoms with van der Waals surface area (Å²) in [5.41, 5.74) is 0.817. The lowest BCUT2D eigenvalue weighted by atomic mass is 10.0. The van der Waals surface area contributed by atoms with Crippen molar-refractivity contribution in [1.82, 2.24) is 25.7 Å². The highest BCUT2D eigenvalue weighted by Crippen LogP contribution is 2.27. The molecule has 3 N–H and O–H groups in total. The number of likely N-dealkylation sites (N-methyl/N-ethyl adjacent to an activating group) is 1. The molecule has 136 valence electrons. The molecule has 0 saturated heterocycles. The predicted molar refractivity (Wildman–Crippen MR) is 94.9 cm³/mol. The van der Waals surface area contributed by atoms with E-state index in [4.69, 9.17) is 0 Å². The molecule has 24 heavy (non-hydrogen) atoms. The third-order valence-electron chi connectivity index (χ3n) is 4.30. The van der Waals surface area contributed by atoms with E-state index < -0.39 is 6.04 Å². The fourth-order valence-electron chi connectivity index (χ4n) is 3.08. The van der Waals surface area contributed by atoms with Gasteiger partial charge in [0.15, 0.2) is 0 Å². The summed E-state index contributed by atoms with van der Waals surface area (Å²) in [5.74, 6) is 0.512. The van der Waals surface area contributed by atoms with Crippen molar-refractivity contribution >= 4 is 24.2 Å². The van der Waals surface area contributed by atoms with Gasteiger partial charge in [0, 0.05) is 38.3 Å². The molecule has 8 heteroatoms. The molecule has 0 bridgehead atoms. The number of carbonyl (C=O) groups is 2. The average Bonchev–Trinajstić information content (AvgIpc) is 3.16. The van der Waals surface area contributed by atoms with Gasteiger partial charge in [0.25, 0.3) is 0 Å². The maximum atomic E-state index is 12.2. The summed E-state index contributed by atoms with van der Waals surface area (Å²) < 4.78 is 1.66. The minimum atomic E-state index is -0.433. The van der Waals surface area contributed by atoms with Crippen molar-refractivity contribution in [3.63, 3.8) is 0 Å². The Labute approximate surface area is 149 Å². The Balaban J connectivity index is 0.00000288. The van der Waals surface area contributed by atoms with E-state index in [-0.39, 0.29) is 24.2 Å². The van der Waals surface area contributed by atoms with Crippen LogP contribution in [0.3, 0.4) is 0 Å². The number of rotatable bonds is 8. The number of aromatic nitrogens is 2. The molecule has 1 aromatic heterocycles. The van der Waals surface area contributed by atoms with Gasteiger partial charge in [-0.25, -0.2) is 0 Å². The first kappa shape index (κ1) is 20.4. The molecular weight excluding hydrogens is 330 g/mol. The summed E-state index contributed by atoms with van der Waals surface area (Å²) in [7, 11) is 3.55. The zero-order valence-corrected chi connectivity index (χ0v) is 15.2. The van der Waals surface area contributed by atoms with Crippen molar-refractivity contribution in [2.75, 3.05) is 20.1 Å². The second-order valence-electron chi connectivity index (χ2n) is 6.16. The van der Waals surface area contributed by atoms with E-state index in [2.05, 4.69) is 21.0 Å². The molecule has 2 amide bonds. The van der Waals surface area contributed by atoms with Gasteiger partial charge in [-0.05, 0) is 25.8 Å². The van der Waals surface area contributed by atoms with Gasteiger partial charge in [-0.3, -0.25) is 14.3 Å². The molecule has 1 aromatic rings. The number of halogens is 1. The number of carbonyl (C=O) groups excluding carboxylic acids is 2. The maximum absolute atomic E-state index is 12.2. The first-order valence-corrected chi connectivity index (χ1v) is 8.30. The summed E-state index contributed by atoms with van der Waals surface area (Å²) >= 11 is 0. The first-order valence-electron chi connectivity index (χ1n) is 8.30. The largest absolute Gasteiger partial charge is 0.354 e. The van der Waals surface area contributed by atoms with Crippen LogP contribution in [0.15, 0.2) is 12.4 Å². The van der Waals surface area contributed by atoms with Gasteiger partial charge in [0.05, 0.1) is 6.20 Å². The second kappa shape index (κ2) is 10.3. The van der Waals surface area contributed by atoms with E-state index in [1.54, 1.807) is 17.9 Å². The lowest BCUT2D eigenvalue weighted by Crippen LogP contribution is -2.40. The SMILES string of the molecule is CNC(C(=O)NCCNC(=O)CC1CCCC1)c1cnn(C)c1.Cl. The van der Waals surface area contributed by atoms with Crippen molar-refractivity contribution in [3.8, 4) is 0 Å². The number of nitrogens with one attached hydrogen (secondary N) is 3. The zero-order chi connectivity index (χ0) is 16.7. The molecule has 1 aliphatic carbocycles. The third-order valence-corrected chi connectivity index (χ3v) is 4.30. The Morgan fingerprint density at radius 1 is 1.29 bits per heavy atom. The number of nitrogens with zero attached hydrogens (tertiary/aromatic N) is 2. The van der Waals surface area contributed by atoms with E-state index in [0.717, 1.165) is 5.56 Å². The van der Waals surface area contributed by atoms with Crippen molar-refractivity contribution in [3.05, 3.63) is 18.0 Å². The molecule has 1 atom stereocenters. The molecule has 1 saturated carbocycles. The Morgan fingerprint density at radius 2 is 1.96 bits per heavy atom. The van der Waals surface area contributed by atoms with E-state index in [1.165, 1.54) is 25.7 Å². The van der Waals surface area contributed by atoms with Crippen LogP contribution in [0.5, 0.6) is 0 Å². The summed E-state index contributed by atoms with van der Waals surface area (Å²) in [6.45, 7) is 0.883. The lowest BCUT2D eigenvalue weighted by Gasteiger charge is -2.15. The van der Waals surface area contributed by atoms with Crippen LogP contribution in [-0.2, 0) is 16.6 Å². The van der Waals surface area contributed by atoms with Crippen LogP contribution < -0.4 is 16.0 Å². The minimum Gasteiger partial charge on any atom is -0.354 e. The molecule has 1 heterocycles. The molecule has 1 aliphatic rings. The molecule has 1 unspecified atom stereocenters. The standard InChI is InChI=1S/C16H27N5O2.ClH/c1-17-15(13-10-20-21(2)11-13)16(23)19-8-7-18-14(22)9-12-5-3-4-6-12;/h10-12,15,17H,3-9H2,1-2H3,(H,18,22)(H,19,23);1H. The van der Waals surface area contributed by atoms with Crippen LogP contribution in [0.4, 0.5) is 0 Å². The maximum Gasteiger partial charge on any atom is 0.241 e. The summed E-state index contributed by atoms with van der Waals surface area (Å²) in [4.78, 5) is 24.0. The highest BCUT2D eigenvalue weighted by atomic mass is 35.5. The van der Waals surface area contributed by atoms with Crippen molar-refractivity contribution in [2.45, 2.75) is 38.1 Å². The van der Waals surface area contributed by atoms with Crippen LogP contribution in [0.25, 0.3) is 0 Å². The highest BCUT2D eigenvalue weighted by Gasteiger charge is 2.20. The smallest absolute Gasteiger partial charge is 0.241 e. The topological polar surface area (TPSA) is 88.1 Å². The van der Waals surface area contributed by atoms with Crippen molar-refractivity contribution in [2.24, 2.45) is 13.0 Å². The number of amides is 2. The minimum absolute atomic E-state index is 0. The molecule has 2 rings (SSSR count). The van der Waals surface area contributed by atoms with Gasteiger partial charge in [0.2, 0.25) is 11.8 Å². The van der Waals surface area contributed by atoms with Gasteiger partial charge in [-0.1, -0.05) is 12.8 Å². The molecular formula is C16H28ClN5O2. The van der Waals surface area contributed by atoms with E-state index >= 15 is 0 Å². The van der Waals surface area contributed by atoms with Crippen molar-refractivity contribution in [1.29, 1.82) is 0 Å². The van der Waals surface area contributed by atoms with E-state index in [0.29, 0.717) is 25.4 Å². The molecule has 7 nitrogen and oxygen atoms in total. The summed E-state index contributed by atoms with van der Waals surface area (Å²) in [5, 5.41) is 12.8. The van der Waals surface area contributed by atoms with Gasteiger partial charge < -0.3 is 16.0 Å². The van der Waals surface area contributed by atoms with Gasteiger partial charge >= 0.3 is 0 Å². The van der Waals surface area contributed by atoms with E-state index in [9.17, 15) is 9.59 Å². The lowest BCUT2D eigenvalue weighted by molar-refractivity contribution is -0.124. The summed E-state index contributed by atoms with van der Waals surface area (Å²) in [6, 6.07) is -0.433. The van der Waals surface area contributed by atoms with Gasteiger partial charge in [0.1, 0.15) is 6.04 Å². The number of hydrogen-bond donors (Lipinski definition) is 3. The normalized spacial score (nSPS) is 15.6. The zero-order valence-electron chi connectivity index (χ0n) is 14.4. The fraction of sp³-hybridized carbons (Fsp3) is 0.688. The van der Waals surface area contributed by atoms with Crippen LogP contribution in [0, 0.1) is 5.92 Å². The average molecular weight is 358 g/mol. The second-order valence-corrected chi connectivity index (χ2v) is 6.16.